The van der Waals surface area contributed by atoms with E-state index in [1.165, 1.54) is 5.56 Å². The Balaban J connectivity index is 1.50. The molecule has 5 heteroatoms. The third-order valence-corrected chi connectivity index (χ3v) is 4.23. The molecular weight excluding hydrogens is 266 g/mol. The van der Waals surface area contributed by atoms with E-state index in [2.05, 4.69) is 27.0 Å². The van der Waals surface area contributed by atoms with Crippen molar-refractivity contribution in [2.24, 2.45) is 5.41 Å². The summed E-state index contributed by atoms with van der Waals surface area (Å²) in [6.07, 6.45) is 2.79. The van der Waals surface area contributed by atoms with E-state index >= 15 is 0 Å². The molecule has 0 bridgehead atoms. The lowest BCUT2D eigenvalue weighted by Crippen LogP contribution is -2.62. The van der Waals surface area contributed by atoms with E-state index in [4.69, 9.17) is 9.47 Å². The normalized spacial score (nSPS) is 18.6. The maximum absolute atomic E-state index is 5.92. The summed E-state index contributed by atoms with van der Waals surface area (Å²) in [7, 11) is 1.62. The van der Waals surface area contributed by atoms with Crippen LogP contribution < -0.4 is 14.4 Å². The molecule has 1 spiro atoms. The molecule has 21 heavy (non-hydrogen) atoms. The highest BCUT2D eigenvalue weighted by Gasteiger charge is 2.47. The molecule has 2 aromatic rings. The Kier molecular flexibility index (Phi) is 2.74. The first-order valence-corrected chi connectivity index (χ1v) is 7.11. The van der Waals surface area contributed by atoms with E-state index in [0.717, 1.165) is 37.8 Å². The van der Waals surface area contributed by atoms with E-state index in [-0.39, 0.29) is 5.41 Å². The summed E-state index contributed by atoms with van der Waals surface area (Å²) in [5, 5.41) is 0. The Morgan fingerprint density at radius 2 is 2.10 bits per heavy atom. The first-order valence-electron chi connectivity index (χ1n) is 7.11. The number of fused-ring (bicyclic) bond motifs is 1. The molecule has 1 aromatic heterocycles. The van der Waals surface area contributed by atoms with Gasteiger partial charge in [0.2, 0.25) is 11.8 Å². The van der Waals surface area contributed by atoms with E-state index in [1.54, 1.807) is 19.4 Å². The smallest absolute Gasteiger partial charge is 0.228 e. The number of para-hydroxylation sites is 1. The number of hydrogen-bond acceptors (Lipinski definition) is 5. The van der Waals surface area contributed by atoms with Gasteiger partial charge in [-0.05, 0) is 18.1 Å². The van der Waals surface area contributed by atoms with Crippen molar-refractivity contribution in [1.82, 2.24) is 9.97 Å². The van der Waals surface area contributed by atoms with E-state index < -0.39 is 0 Å². The van der Waals surface area contributed by atoms with Crippen molar-refractivity contribution in [2.45, 2.75) is 6.42 Å². The molecule has 0 aliphatic carbocycles. The number of nitrogens with zero attached hydrogens (tertiary/aromatic N) is 3. The third-order valence-electron chi connectivity index (χ3n) is 4.23. The van der Waals surface area contributed by atoms with Gasteiger partial charge in [-0.3, -0.25) is 0 Å². The highest BCUT2D eigenvalue weighted by Crippen LogP contribution is 2.41. The van der Waals surface area contributed by atoms with Gasteiger partial charge >= 0.3 is 0 Å². The molecule has 2 aliphatic rings. The fraction of sp³-hybridized carbons (Fsp3) is 0.375. The predicted octanol–water partition coefficient (Wildman–Crippen LogP) is 1.93. The number of rotatable bonds is 2. The lowest BCUT2D eigenvalue weighted by Gasteiger charge is -2.51. The Morgan fingerprint density at radius 1 is 1.24 bits per heavy atom. The molecule has 0 N–H and O–H groups in total. The topological polar surface area (TPSA) is 47.5 Å². The van der Waals surface area contributed by atoms with Crippen molar-refractivity contribution in [1.29, 1.82) is 0 Å². The van der Waals surface area contributed by atoms with Crippen molar-refractivity contribution in [3.05, 3.63) is 42.1 Å². The first kappa shape index (κ1) is 12.4. The minimum Gasteiger partial charge on any atom is -0.493 e. The fourth-order valence-corrected chi connectivity index (χ4v) is 3.18. The summed E-state index contributed by atoms with van der Waals surface area (Å²) in [4.78, 5) is 10.9. The van der Waals surface area contributed by atoms with Crippen LogP contribution in [0.15, 0.2) is 36.5 Å². The van der Waals surface area contributed by atoms with E-state index in [9.17, 15) is 0 Å². The zero-order valence-electron chi connectivity index (χ0n) is 12.0. The number of ether oxygens (including phenoxy) is 2. The Labute approximate surface area is 123 Å². The van der Waals surface area contributed by atoms with Crippen molar-refractivity contribution in [3.63, 3.8) is 0 Å². The average Bonchev–Trinajstić information content (AvgIpc) is 2.52. The number of anilines is 1. The van der Waals surface area contributed by atoms with Gasteiger partial charge in [-0.2, -0.15) is 4.98 Å². The van der Waals surface area contributed by atoms with Crippen molar-refractivity contribution >= 4 is 5.95 Å². The van der Waals surface area contributed by atoms with Crippen LogP contribution in [-0.2, 0) is 6.42 Å². The second-order valence-corrected chi connectivity index (χ2v) is 5.83. The molecule has 2 aliphatic heterocycles. The summed E-state index contributed by atoms with van der Waals surface area (Å²) in [5.41, 5.74) is 1.50. The highest BCUT2D eigenvalue weighted by atomic mass is 16.5. The second kappa shape index (κ2) is 4.62. The maximum atomic E-state index is 5.92. The molecule has 4 rings (SSSR count). The maximum Gasteiger partial charge on any atom is 0.228 e. The van der Waals surface area contributed by atoms with Crippen LogP contribution in [-0.4, -0.2) is 36.8 Å². The molecule has 1 saturated heterocycles. The third kappa shape index (κ3) is 2.09. The molecule has 108 valence electrons. The number of hydrogen-bond donors (Lipinski definition) is 0. The summed E-state index contributed by atoms with van der Waals surface area (Å²) in [6, 6.07) is 10.1. The quantitative estimate of drug-likeness (QED) is 0.843. The lowest BCUT2D eigenvalue weighted by molar-refractivity contribution is 0.0867. The summed E-state index contributed by atoms with van der Waals surface area (Å²) >= 11 is 0. The molecule has 3 heterocycles. The van der Waals surface area contributed by atoms with Crippen molar-refractivity contribution < 1.29 is 9.47 Å². The SMILES string of the molecule is COc1ccnc(N2CC3(COc4ccccc4C3)C2)n1. The average molecular weight is 283 g/mol. The van der Waals surface area contributed by atoms with Crippen LogP contribution in [0, 0.1) is 5.41 Å². The van der Waals surface area contributed by atoms with Gasteiger partial charge < -0.3 is 14.4 Å². The van der Waals surface area contributed by atoms with Gasteiger partial charge in [0.1, 0.15) is 5.75 Å². The first-order chi connectivity index (χ1) is 10.3. The van der Waals surface area contributed by atoms with Crippen LogP contribution in [0.3, 0.4) is 0 Å². The van der Waals surface area contributed by atoms with Crippen molar-refractivity contribution in [3.8, 4) is 11.6 Å². The molecular formula is C16H17N3O2. The van der Waals surface area contributed by atoms with E-state index in [0.29, 0.717) is 5.88 Å². The van der Waals surface area contributed by atoms with Gasteiger partial charge in [0, 0.05) is 30.8 Å². The Morgan fingerprint density at radius 3 is 2.95 bits per heavy atom. The van der Waals surface area contributed by atoms with Gasteiger partial charge in [0.05, 0.1) is 13.7 Å². The summed E-state index contributed by atoms with van der Waals surface area (Å²) in [6.45, 7) is 2.62. The van der Waals surface area contributed by atoms with E-state index in [1.807, 2.05) is 12.1 Å². The monoisotopic (exact) mass is 283 g/mol. The van der Waals surface area contributed by atoms with Gasteiger partial charge in [0.25, 0.3) is 0 Å². The van der Waals surface area contributed by atoms with Crippen LogP contribution in [0.2, 0.25) is 0 Å². The molecule has 0 amide bonds. The number of methoxy groups -OCH3 is 1. The number of aromatic nitrogens is 2. The Bertz CT molecular complexity index is 668. The molecule has 1 aromatic carbocycles. The molecule has 0 saturated carbocycles. The predicted molar refractivity (Wildman–Crippen MR) is 78.9 cm³/mol. The van der Waals surface area contributed by atoms with Crippen LogP contribution in [0.5, 0.6) is 11.6 Å². The van der Waals surface area contributed by atoms with Crippen LogP contribution in [0.25, 0.3) is 0 Å². The van der Waals surface area contributed by atoms with Gasteiger partial charge in [-0.15, -0.1) is 0 Å². The summed E-state index contributed by atoms with van der Waals surface area (Å²) < 4.78 is 11.1. The lowest BCUT2D eigenvalue weighted by atomic mass is 9.74. The summed E-state index contributed by atoms with van der Waals surface area (Å²) in [5.74, 6) is 2.37. The Hall–Kier alpha value is -2.30. The van der Waals surface area contributed by atoms with Crippen LogP contribution in [0.1, 0.15) is 5.56 Å². The van der Waals surface area contributed by atoms with Crippen LogP contribution >= 0.6 is 0 Å². The minimum atomic E-state index is 0.195. The zero-order valence-corrected chi connectivity index (χ0v) is 12.0. The van der Waals surface area contributed by atoms with Gasteiger partial charge in [-0.1, -0.05) is 18.2 Å². The second-order valence-electron chi connectivity index (χ2n) is 5.83. The largest absolute Gasteiger partial charge is 0.493 e. The highest BCUT2D eigenvalue weighted by molar-refractivity contribution is 5.43. The molecule has 0 radical (unpaired) electrons. The van der Waals surface area contributed by atoms with Crippen molar-refractivity contribution in [2.75, 3.05) is 31.7 Å². The molecule has 0 unspecified atom stereocenters. The molecule has 1 fully saturated rings. The molecule has 5 nitrogen and oxygen atoms in total. The number of benzene rings is 1. The minimum absolute atomic E-state index is 0.195. The fourth-order valence-electron chi connectivity index (χ4n) is 3.18. The zero-order chi connectivity index (χ0) is 14.3. The standard InChI is InChI=1S/C16H17N3O2/c1-20-14-6-7-17-15(18-14)19-9-16(10-19)8-12-4-2-3-5-13(12)21-11-16/h2-7H,8-11H2,1H3. The molecule has 0 atom stereocenters. The van der Waals surface area contributed by atoms with Gasteiger partial charge in [-0.25, -0.2) is 4.98 Å². The van der Waals surface area contributed by atoms with Gasteiger partial charge in [0.15, 0.2) is 0 Å². The van der Waals surface area contributed by atoms with Crippen LogP contribution in [0.4, 0.5) is 5.95 Å².